The van der Waals surface area contributed by atoms with Crippen LogP contribution in [0.25, 0.3) is 6.08 Å². The highest BCUT2D eigenvalue weighted by molar-refractivity contribution is 5.53. The van der Waals surface area contributed by atoms with E-state index in [1.807, 2.05) is 13.0 Å². The van der Waals surface area contributed by atoms with Crippen molar-refractivity contribution in [3.63, 3.8) is 0 Å². The highest BCUT2D eigenvalue weighted by atomic mass is 16.3. The van der Waals surface area contributed by atoms with Gasteiger partial charge in [0.15, 0.2) is 0 Å². The van der Waals surface area contributed by atoms with Crippen LogP contribution in [-0.4, -0.2) is 11.2 Å². The molecule has 1 heteroatoms. The van der Waals surface area contributed by atoms with Gasteiger partial charge in [-0.2, -0.15) is 0 Å². The van der Waals surface area contributed by atoms with Gasteiger partial charge in [0.05, 0.1) is 6.10 Å². The Kier molecular flexibility index (Phi) is 4.10. The lowest BCUT2D eigenvalue weighted by molar-refractivity contribution is 0.232. The number of benzene rings is 1. The lowest BCUT2D eigenvalue weighted by Crippen LogP contribution is -2.00. The van der Waals surface area contributed by atoms with Crippen LogP contribution in [0.2, 0.25) is 0 Å². The van der Waals surface area contributed by atoms with Gasteiger partial charge in [0.25, 0.3) is 0 Å². The van der Waals surface area contributed by atoms with Crippen molar-refractivity contribution in [1.29, 1.82) is 0 Å². The summed E-state index contributed by atoms with van der Waals surface area (Å²) in [5.74, 6) is 0.570. The normalized spacial score (nSPS) is 14.4. The molecule has 0 aliphatic rings. The molecule has 0 spiro atoms. The number of aliphatic hydroxyl groups is 1. The number of hydrogen-bond donors (Lipinski definition) is 1. The third-order valence-electron chi connectivity index (χ3n) is 2.66. The van der Waals surface area contributed by atoms with Crippen molar-refractivity contribution in [3.8, 4) is 0 Å². The summed E-state index contributed by atoms with van der Waals surface area (Å²) >= 11 is 0. The average Bonchev–Trinajstić information content (AvgIpc) is 2.18. The molecular formula is C14H20O. The Bertz CT molecular complexity index is 331. The minimum Gasteiger partial charge on any atom is -0.389 e. The van der Waals surface area contributed by atoms with E-state index >= 15 is 0 Å². The molecule has 0 aliphatic carbocycles. The Labute approximate surface area is 92.5 Å². The first-order chi connectivity index (χ1) is 7.00. The Morgan fingerprint density at radius 3 is 2.07 bits per heavy atom. The van der Waals surface area contributed by atoms with Gasteiger partial charge in [0.1, 0.15) is 0 Å². The first-order valence-corrected chi connectivity index (χ1v) is 5.47. The summed E-state index contributed by atoms with van der Waals surface area (Å²) in [6, 6.07) is 8.49. The lowest BCUT2D eigenvalue weighted by atomic mass is 10.0. The molecule has 0 amide bonds. The fourth-order valence-corrected chi connectivity index (χ4v) is 1.36. The van der Waals surface area contributed by atoms with Crippen molar-refractivity contribution in [1.82, 2.24) is 0 Å². The third-order valence-corrected chi connectivity index (χ3v) is 2.66. The van der Waals surface area contributed by atoms with Gasteiger partial charge in [-0.15, -0.1) is 0 Å². The summed E-state index contributed by atoms with van der Waals surface area (Å²) in [5, 5.41) is 9.36. The fraction of sp³-hybridized carbons (Fsp3) is 0.429. The van der Waals surface area contributed by atoms with E-state index in [2.05, 4.69) is 38.1 Å². The predicted molar refractivity (Wildman–Crippen MR) is 65.9 cm³/mol. The van der Waals surface area contributed by atoms with Crippen molar-refractivity contribution < 1.29 is 5.11 Å². The van der Waals surface area contributed by atoms with Crippen LogP contribution in [0.5, 0.6) is 0 Å². The Hall–Kier alpha value is -1.08. The van der Waals surface area contributed by atoms with Crippen molar-refractivity contribution >= 4 is 6.08 Å². The van der Waals surface area contributed by atoms with Crippen molar-refractivity contribution in [2.45, 2.75) is 39.7 Å². The summed E-state index contributed by atoms with van der Waals surface area (Å²) in [4.78, 5) is 0. The molecule has 0 saturated carbocycles. The number of hydrogen-bond acceptors (Lipinski definition) is 1. The molecule has 0 radical (unpaired) electrons. The third kappa shape index (κ3) is 3.52. The van der Waals surface area contributed by atoms with Crippen LogP contribution in [0.4, 0.5) is 0 Å². The molecule has 1 rings (SSSR count). The molecule has 0 heterocycles. The van der Waals surface area contributed by atoms with Gasteiger partial charge in [-0.25, -0.2) is 0 Å². The minimum atomic E-state index is -0.366. The van der Waals surface area contributed by atoms with Crippen LogP contribution in [0, 0.1) is 0 Å². The summed E-state index contributed by atoms with van der Waals surface area (Å²) < 4.78 is 0. The molecule has 1 unspecified atom stereocenters. The molecule has 1 aromatic carbocycles. The van der Waals surface area contributed by atoms with E-state index in [-0.39, 0.29) is 6.10 Å². The SMILES string of the molecule is C/C(=C/c1ccc(C(C)C)cc1)C(C)O. The standard InChI is InChI=1S/C14H20O/c1-10(2)14-7-5-13(6-8-14)9-11(3)12(4)15/h5-10,12,15H,1-4H3/b11-9-. The molecule has 0 aromatic heterocycles. The Morgan fingerprint density at radius 1 is 1.13 bits per heavy atom. The van der Waals surface area contributed by atoms with Gasteiger partial charge in [-0.05, 0) is 36.5 Å². The largest absolute Gasteiger partial charge is 0.389 e. The van der Waals surface area contributed by atoms with Crippen molar-refractivity contribution in [3.05, 3.63) is 41.0 Å². The van der Waals surface area contributed by atoms with Crippen molar-refractivity contribution in [2.75, 3.05) is 0 Å². The van der Waals surface area contributed by atoms with E-state index in [9.17, 15) is 5.11 Å². The monoisotopic (exact) mass is 204 g/mol. The average molecular weight is 204 g/mol. The maximum absolute atomic E-state index is 9.36. The lowest BCUT2D eigenvalue weighted by Gasteiger charge is -2.07. The zero-order valence-corrected chi connectivity index (χ0v) is 9.99. The zero-order valence-electron chi connectivity index (χ0n) is 9.99. The molecule has 0 fully saturated rings. The molecule has 1 N–H and O–H groups in total. The predicted octanol–water partition coefficient (Wildman–Crippen LogP) is 3.59. The van der Waals surface area contributed by atoms with Crippen LogP contribution >= 0.6 is 0 Å². The smallest absolute Gasteiger partial charge is 0.0722 e. The second-order valence-corrected chi connectivity index (χ2v) is 4.39. The number of rotatable bonds is 3. The van der Waals surface area contributed by atoms with E-state index in [1.54, 1.807) is 6.92 Å². The molecule has 1 nitrogen and oxygen atoms in total. The number of aliphatic hydroxyl groups excluding tert-OH is 1. The summed E-state index contributed by atoms with van der Waals surface area (Å²) in [7, 11) is 0. The first kappa shape index (κ1) is 12.0. The van der Waals surface area contributed by atoms with Crippen LogP contribution in [-0.2, 0) is 0 Å². The highest BCUT2D eigenvalue weighted by Crippen LogP contribution is 2.16. The highest BCUT2D eigenvalue weighted by Gasteiger charge is 2.00. The van der Waals surface area contributed by atoms with E-state index in [1.165, 1.54) is 5.56 Å². The van der Waals surface area contributed by atoms with Gasteiger partial charge in [0.2, 0.25) is 0 Å². The maximum atomic E-state index is 9.36. The van der Waals surface area contributed by atoms with E-state index < -0.39 is 0 Å². The van der Waals surface area contributed by atoms with Gasteiger partial charge < -0.3 is 5.11 Å². The van der Waals surface area contributed by atoms with E-state index in [0.717, 1.165) is 11.1 Å². The second-order valence-electron chi connectivity index (χ2n) is 4.39. The minimum absolute atomic E-state index is 0.366. The van der Waals surface area contributed by atoms with Crippen molar-refractivity contribution in [2.24, 2.45) is 0 Å². The summed E-state index contributed by atoms with van der Waals surface area (Å²) in [5.41, 5.74) is 3.49. The van der Waals surface area contributed by atoms with Crippen LogP contribution < -0.4 is 0 Å². The molecule has 1 aromatic rings. The van der Waals surface area contributed by atoms with Gasteiger partial charge in [-0.3, -0.25) is 0 Å². The first-order valence-electron chi connectivity index (χ1n) is 5.47. The molecule has 15 heavy (non-hydrogen) atoms. The quantitative estimate of drug-likeness (QED) is 0.797. The Morgan fingerprint density at radius 2 is 1.67 bits per heavy atom. The molecular weight excluding hydrogens is 184 g/mol. The van der Waals surface area contributed by atoms with E-state index in [4.69, 9.17) is 0 Å². The maximum Gasteiger partial charge on any atom is 0.0722 e. The fourth-order valence-electron chi connectivity index (χ4n) is 1.36. The summed E-state index contributed by atoms with van der Waals surface area (Å²) in [6.45, 7) is 8.10. The van der Waals surface area contributed by atoms with Crippen LogP contribution in [0.1, 0.15) is 44.7 Å². The molecule has 0 bridgehead atoms. The zero-order chi connectivity index (χ0) is 11.4. The summed E-state index contributed by atoms with van der Waals surface area (Å²) in [6.07, 6.45) is 1.66. The van der Waals surface area contributed by atoms with Gasteiger partial charge >= 0.3 is 0 Å². The molecule has 0 saturated heterocycles. The molecule has 1 atom stereocenters. The van der Waals surface area contributed by atoms with Crippen LogP contribution in [0.15, 0.2) is 29.8 Å². The van der Waals surface area contributed by atoms with Gasteiger partial charge in [-0.1, -0.05) is 44.2 Å². The second kappa shape index (κ2) is 5.13. The van der Waals surface area contributed by atoms with Gasteiger partial charge in [0, 0.05) is 0 Å². The topological polar surface area (TPSA) is 20.2 Å². The Balaban J connectivity index is 2.85. The van der Waals surface area contributed by atoms with Crippen LogP contribution in [0.3, 0.4) is 0 Å². The molecule has 82 valence electrons. The van der Waals surface area contributed by atoms with E-state index in [0.29, 0.717) is 5.92 Å². The molecule has 0 aliphatic heterocycles.